The maximum atomic E-state index is 11.9. The van der Waals surface area contributed by atoms with Crippen LogP contribution in [-0.4, -0.2) is 23.0 Å². The summed E-state index contributed by atoms with van der Waals surface area (Å²) in [6.07, 6.45) is 0.00163. The van der Waals surface area contributed by atoms with Crippen LogP contribution < -0.4 is 21.3 Å². The lowest BCUT2D eigenvalue weighted by Crippen LogP contribution is -2.44. The third-order valence-corrected chi connectivity index (χ3v) is 4.04. The zero-order valence-corrected chi connectivity index (χ0v) is 15.7. The van der Waals surface area contributed by atoms with E-state index in [1.807, 2.05) is 32.0 Å². The maximum absolute atomic E-state index is 11.9. The Morgan fingerprint density at radius 3 is 2.46 bits per heavy atom. The average molecular weight is 383 g/mol. The molecule has 8 heteroatoms. The first-order valence-electron chi connectivity index (χ1n) is 8.79. The number of hydrazine groups is 1. The van der Waals surface area contributed by atoms with Crippen molar-refractivity contribution >= 4 is 22.9 Å². The third-order valence-electron chi connectivity index (χ3n) is 4.04. The molecule has 0 saturated carbocycles. The Labute approximate surface area is 161 Å². The van der Waals surface area contributed by atoms with Gasteiger partial charge in [-0.15, -0.1) is 0 Å². The number of ether oxygens (including phenoxy) is 1. The van der Waals surface area contributed by atoms with Crippen LogP contribution in [0.3, 0.4) is 0 Å². The van der Waals surface area contributed by atoms with Gasteiger partial charge in [0.25, 0.3) is 5.91 Å². The number of fused-ring (bicyclic) bond motifs is 1. The van der Waals surface area contributed by atoms with Crippen LogP contribution >= 0.6 is 0 Å². The molecule has 3 rings (SSSR count). The Hall–Kier alpha value is -3.55. The van der Waals surface area contributed by atoms with Crippen molar-refractivity contribution in [3.8, 4) is 5.75 Å². The van der Waals surface area contributed by atoms with E-state index in [-0.39, 0.29) is 19.6 Å². The van der Waals surface area contributed by atoms with E-state index in [2.05, 4.69) is 10.9 Å². The lowest BCUT2D eigenvalue weighted by Gasteiger charge is -2.10. The highest BCUT2D eigenvalue weighted by atomic mass is 16.5. The summed E-state index contributed by atoms with van der Waals surface area (Å²) in [6.45, 7) is 3.79. The fraction of sp³-hybridized carbons (Fsp3) is 0.250. The summed E-state index contributed by atoms with van der Waals surface area (Å²) in [5.74, 6) is -0.861. The van der Waals surface area contributed by atoms with E-state index in [0.717, 1.165) is 11.1 Å². The molecule has 28 heavy (non-hydrogen) atoms. The molecule has 0 aliphatic heterocycles. The number of oxazole rings is 1. The van der Waals surface area contributed by atoms with Crippen molar-refractivity contribution < 1.29 is 18.7 Å². The van der Waals surface area contributed by atoms with Crippen LogP contribution in [0.15, 0.2) is 51.7 Å². The van der Waals surface area contributed by atoms with E-state index in [1.54, 1.807) is 24.3 Å². The highest BCUT2D eigenvalue weighted by Crippen LogP contribution is 2.16. The second kappa shape index (κ2) is 8.43. The van der Waals surface area contributed by atoms with E-state index < -0.39 is 17.6 Å². The Morgan fingerprint density at radius 1 is 1.04 bits per heavy atom. The molecule has 0 spiro atoms. The van der Waals surface area contributed by atoms with E-state index in [4.69, 9.17) is 9.15 Å². The molecular weight excluding hydrogens is 362 g/mol. The molecule has 1 aromatic heterocycles. The van der Waals surface area contributed by atoms with Gasteiger partial charge in [0.2, 0.25) is 5.91 Å². The molecule has 0 aliphatic carbocycles. The molecule has 3 aromatic rings. The van der Waals surface area contributed by atoms with Gasteiger partial charge in [-0.3, -0.25) is 25.0 Å². The fourth-order valence-electron chi connectivity index (χ4n) is 2.84. The van der Waals surface area contributed by atoms with Crippen molar-refractivity contribution in [1.82, 2.24) is 15.4 Å². The lowest BCUT2D eigenvalue weighted by molar-refractivity contribution is -0.130. The summed E-state index contributed by atoms with van der Waals surface area (Å²) in [5.41, 5.74) is 7.74. The molecule has 2 amide bonds. The maximum Gasteiger partial charge on any atom is 0.419 e. The van der Waals surface area contributed by atoms with E-state index in [1.165, 1.54) is 4.57 Å². The van der Waals surface area contributed by atoms with Crippen molar-refractivity contribution in [3.05, 3.63) is 64.1 Å². The molecule has 0 unspecified atom stereocenters. The minimum atomic E-state index is -0.528. The number of aromatic nitrogens is 1. The zero-order chi connectivity index (χ0) is 20.1. The minimum Gasteiger partial charge on any atom is -0.484 e. The standard InChI is InChI=1S/C20H21N3O5/c1-13-9-14(2)11-15(10-13)27-12-19(25)22-21-18(24)7-8-23-16-5-3-4-6-17(16)28-20(23)26/h3-6,9-11H,7-8,12H2,1-2H3,(H,21,24)(H,22,25). The summed E-state index contributed by atoms with van der Waals surface area (Å²) in [5, 5.41) is 0. The topological polar surface area (TPSA) is 103 Å². The molecule has 0 atom stereocenters. The minimum absolute atomic E-state index is 0.00163. The molecule has 0 saturated heterocycles. The quantitative estimate of drug-likeness (QED) is 0.632. The summed E-state index contributed by atoms with van der Waals surface area (Å²) < 4.78 is 11.9. The Morgan fingerprint density at radius 2 is 1.71 bits per heavy atom. The number of nitrogens with one attached hydrogen (secondary N) is 2. The van der Waals surface area contributed by atoms with Crippen molar-refractivity contribution in [1.29, 1.82) is 0 Å². The Balaban J connectivity index is 1.45. The summed E-state index contributed by atoms with van der Waals surface area (Å²) in [4.78, 5) is 35.6. The first-order valence-corrected chi connectivity index (χ1v) is 8.79. The number of benzene rings is 2. The largest absolute Gasteiger partial charge is 0.484 e. The van der Waals surface area contributed by atoms with Crippen molar-refractivity contribution in [2.24, 2.45) is 0 Å². The molecule has 0 radical (unpaired) electrons. The first-order chi connectivity index (χ1) is 13.4. The predicted octanol–water partition coefficient (Wildman–Crippen LogP) is 1.83. The molecular formula is C20H21N3O5. The number of amides is 2. The third kappa shape index (κ3) is 4.79. The molecule has 2 aromatic carbocycles. The van der Waals surface area contributed by atoms with Gasteiger partial charge in [-0.1, -0.05) is 18.2 Å². The Bertz CT molecular complexity index is 1050. The van der Waals surface area contributed by atoms with Gasteiger partial charge in [0.05, 0.1) is 5.52 Å². The molecule has 0 bridgehead atoms. The summed E-state index contributed by atoms with van der Waals surface area (Å²) in [6, 6.07) is 12.6. The number of carbonyl (C=O) groups excluding carboxylic acids is 2. The van der Waals surface area contributed by atoms with Crippen LogP contribution in [0.2, 0.25) is 0 Å². The number of hydrogen-bond donors (Lipinski definition) is 2. The smallest absolute Gasteiger partial charge is 0.419 e. The lowest BCUT2D eigenvalue weighted by atomic mass is 10.1. The van der Waals surface area contributed by atoms with Crippen LogP contribution in [-0.2, 0) is 16.1 Å². The summed E-state index contributed by atoms with van der Waals surface area (Å²) in [7, 11) is 0. The van der Waals surface area contributed by atoms with E-state index >= 15 is 0 Å². The molecule has 0 fully saturated rings. The number of para-hydroxylation sites is 2. The number of rotatable bonds is 6. The van der Waals surface area contributed by atoms with Crippen LogP contribution in [0, 0.1) is 13.8 Å². The zero-order valence-electron chi connectivity index (χ0n) is 15.7. The van der Waals surface area contributed by atoms with Crippen LogP contribution in [0.25, 0.3) is 11.1 Å². The molecule has 0 aliphatic rings. The first kappa shape index (κ1) is 19.2. The van der Waals surface area contributed by atoms with Gasteiger partial charge >= 0.3 is 5.76 Å². The van der Waals surface area contributed by atoms with E-state index in [0.29, 0.717) is 16.8 Å². The SMILES string of the molecule is Cc1cc(C)cc(OCC(=O)NNC(=O)CCn2c(=O)oc3ccccc32)c1. The molecule has 8 nitrogen and oxygen atoms in total. The number of hydrogen-bond acceptors (Lipinski definition) is 5. The van der Waals surface area contributed by atoms with Crippen molar-refractivity contribution in [2.75, 3.05) is 6.61 Å². The van der Waals surface area contributed by atoms with Gasteiger partial charge in [-0.2, -0.15) is 0 Å². The normalized spacial score (nSPS) is 10.6. The monoisotopic (exact) mass is 383 g/mol. The fourth-order valence-corrected chi connectivity index (χ4v) is 2.84. The second-order valence-corrected chi connectivity index (χ2v) is 6.45. The van der Waals surface area contributed by atoms with Crippen LogP contribution in [0.5, 0.6) is 5.75 Å². The average Bonchev–Trinajstić information content (AvgIpc) is 2.97. The van der Waals surface area contributed by atoms with Gasteiger partial charge in [0, 0.05) is 13.0 Å². The Kier molecular flexibility index (Phi) is 5.78. The summed E-state index contributed by atoms with van der Waals surface area (Å²) >= 11 is 0. The predicted molar refractivity (Wildman–Crippen MR) is 103 cm³/mol. The molecule has 146 valence electrons. The van der Waals surface area contributed by atoms with Crippen LogP contribution in [0.4, 0.5) is 0 Å². The van der Waals surface area contributed by atoms with E-state index in [9.17, 15) is 14.4 Å². The molecule has 1 heterocycles. The van der Waals surface area contributed by atoms with Gasteiger partial charge in [-0.05, 0) is 49.2 Å². The molecule has 2 N–H and O–H groups in total. The number of aryl methyl sites for hydroxylation is 3. The van der Waals surface area contributed by atoms with Crippen molar-refractivity contribution in [2.45, 2.75) is 26.8 Å². The number of nitrogens with zero attached hydrogens (tertiary/aromatic N) is 1. The van der Waals surface area contributed by atoms with Gasteiger partial charge in [0.1, 0.15) is 5.75 Å². The highest BCUT2D eigenvalue weighted by molar-refractivity contribution is 5.82. The van der Waals surface area contributed by atoms with Crippen LogP contribution in [0.1, 0.15) is 17.5 Å². The highest BCUT2D eigenvalue weighted by Gasteiger charge is 2.11. The van der Waals surface area contributed by atoms with Gasteiger partial charge in [0.15, 0.2) is 12.2 Å². The second-order valence-electron chi connectivity index (χ2n) is 6.45. The van der Waals surface area contributed by atoms with Gasteiger partial charge < -0.3 is 9.15 Å². The number of carbonyl (C=O) groups is 2. The van der Waals surface area contributed by atoms with Gasteiger partial charge in [-0.25, -0.2) is 4.79 Å². The van der Waals surface area contributed by atoms with Crippen molar-refractivity contribution in [3.63, 3.8) is 0 Å².